The van der Waals surface area contributed by atoms with Crippen molar-refractivity contribution in [2.75, 3.05) is 7.11 Å². The molecular weight excluding hydrogens is 268 g/mol. The van der Waals surface area contributed by atoms with Crippen LogP contribution >= 0.6 is 0 Å². The number of benzene rings is 1. The second kappa shape index (κ2) is 4.84. The van der Waals surface area contributed by atoms with Crippen molar-refractivity contribution in [2.24, 2.45) is 0 Å². The van der Waals surface area contributed by atoms with Crippen molar-refractivity contribution < 1.29 is 14.3 Å². The standard InChI is InChI=1S/C16H20N2O3/c1-11-9-14(19)18-16(2,15(20)21-3)10-13(17(11)18)12-7-5-4-6-8-12/h4-8,11,13H,9-10H2,1-3H3/t11-,13+,16-/m0/s1. The van der Waals surface area contributed by atoms with Gasteiger partial charge in [-0.3, -0.25) is 9.80 Å². The molecule has 21 heavy (non-hydrogen) atoms. The third-order valence-corrected chi connectivity index (χ3v) is 4.58. The molecule has 1 aromatic rings. The van der Waals surface area contributed by atoms with Crippen LogP contribution in [0.1, 0.15) is 38.3 Å². The van der Waals surface area contributed by atoms with Crippen LogP contribution in [-0.2, 0) is 14.3 Å². The zero-order valence-electron chi connectivity index (χ0n) is 12.6. The van der Waals surface area contributed by atoms with Crippen LogP contribution in [0.15, 0.2) is 30.3 Å². The molecule has 0 radical (unpaired) electrons. The fraction of sp³-hybridized carbons (Fsp3) is 0.500. The van der Waals surface area contributed by atoms with E-state index in [1.165, 1.54) is 7.11 Å². The van der Waals surface area contributed by atoms with E-state index in [9.17, 15) is 9.59 Å². The quantitative estimate of drug-likeness (QED) is 0.780. The molecule has 0 aromatic heterocycles. The number of hydrogen-bond donors (Lipinski definition) is 0. The highest BCUT2D eigenvalue weighted by atomic mass is 16.5. The molecule has 0 N–H and O–H groups in total. The van der Waals surface area contributed by atoms with Crippen molar-refractivity contribution in [2.45, 2.75) is 44.3 Å². The molecule has 3 atom stereocenters. The van der Waals surface area contributed by atoms with Crippen LogP contribution in [-0.4, -0.2) is 40.6 Å². The Morgan fingerprint density at radius 2 is 2.00 bits per heavy atom. The van der Waals surface area contributed by atoms with Gasteiger partial charge >= 0.3 is 5.97 Å². The number of rotatable bonds is 2. The Balaban J connectivity index is 2.05. The summed E-state index contributed by atoms with van der Waals surface area (Å²) in [6.45, 7) is 3.82. The van der Waals surface area contributed by atoms with Crippen LogP contribution in [0.2, 0.25) is 0 Å². The van der Waals surface area contributed by atoms with Gasteiger partial charge in [0.1, 0.15) is 0 Å². The third kappa shape index (κ3) is 1.95. The van der Waals surface area contributed by atoms with Crippen molar-refractivity contribution in [1.29, 1.82) is 0 Å². The Hall–Kier alpha value is -1.88. The normalized spacial score (nSPS) is 32.3. The van der Waals surface area contributed by atoms with Gasteiger partial charge in [0, 0.05) is 18.9 Å². The molecular formula is C16H20N2O3. The predicted molar refractivity (Wildman–Crippen MR) is 77.0 cm³/mol. The lowest BCUT2D eigenvalue weighted by molar-refractivity contribution is -0.166. The summed E-state index contributed by atoms with van der Waals surface area (Å²) >= 11 is 0. The van der Waals surface area contributed by atoms with Crippen LogP contribution in [0.5, 0.6) is 0 Å². The third-order valence-electron chi connectivity index (χ3n) is 4.58. The average Bonchev–Trinajstić information content (AvgIpc) is 2.97. The predicted octanol–water partition coefficient (Wildman–Crippen LogP) is 1.90. The van der Waals surface area contributed by atoms with E-state index in [0.717, 1.165) is 5.56 Å². The van der Waals surface area contributed by atoms with Crippen molar-refractivity contribution in [3.8, 4) is 0 Å². The van der Waals surface area contributed by atoms with Gasteiger partial charge in [-0.15, -0.1) is 0 Å². The van der Waals surface area contributed by atoms with E-state index >= 15 is 0 Å². The molecule has 2 aliphatic rings. The first-order valence-electron chi connectivity index (χ1n) is 7.23. The zero-order valence-corrected chi connectivity index (χ0v) is 12.6. The lowest BCUT2D eigenvalue weighted by Crippen LogP contribution is -2.53. The highest BCUT2D eigenvalue weighted by Gasteiger charge is 2.59. The molecule has 1 amide bonds. The summed E-state index contributed by atoms with van der Waals surface area (Å²) in [5.41, 5.74) is 0.202. The minimum atomic E-state index is -0.920. The van der Waals surface area contributed by atoms with Gasteiger partial charge in [-0.2, -0.15) is 0 Å². The number of methoxy groups -OCH3 is 1. The molecule has 2 aliphatic heterocycles. The van der Waals surface area contributed by atoms with Crippen molar-refractivity contribution >= 4 is 11.9 Å². The first-order valence-corrected chi connectivity index (χ1v) is 7.23. The highest BCUT2D eigenvalue weighted by Crippen LogP contribution is 2.48. The van der Waals surface area contributed by atoms with Gasteiger partial charge in [-0.25, -0.2) is 9.80 Å². The number of fused-ring (bicyclic) bond motifs is 1. The fourth-order valence-electron chi connectivity index (χ4n) is 3.63. The van der Waals surface area contributed by atoms with Crippen molar-refractivity contribution in [3.05, 3.63) is 35.9 Å². The lowest BCUT2D eigenvalue weighted by Gasteiger charge is -2.34. The molecule has 2 heterocycles. The number of ether oxygens (including phenoxy) is 1. The first-order chi connectivity index (χ1) is 9.99. The maximum absolute atomic E-state index is 12.4. The monoisotopic (exact) mass is 288 g/mol. The molecule has 2 saturated heterocycles. The van der Waals surface area contributed by atoms with E-state index in [0.29, 0.717) is 12.8 Å². The summed E-state index contributed by atoms with van der Waals surface area (Å²) in [6, 6.07) is 10.1. The molecule has 0 spiro atoms. The van der Waals surface area contributed by atoms with Crippen molar-refractivity contribution in [3.63, 3.8) is 0 Å². The number of carbonyl (C=O) groups is 2. The molecule has 1 aromatic carbocycles. The van der Waals surface area contributed by atoms with Gasteiger partial charge in [0.2, 0.25) is 5.91 Å². The molecule has 2 fully saturated rings. The van der Waals surface area contributed by atoms with E-state index in [2.05, 4.69) is 5.01 Å². The molecule has 0 unspecified atom stereocenters. The molecule has 0 saturated carbocycles. The number of hydrogen-bond acceptors (Lipinski definition) is 4. The van der Waals surface area contributed by atoms with Crippen LogP contribution in [0.25, 0.3) is 0 Å². The number of hydrazine groups is 1. The van der Waals surface area contributed by atoms with Gasteiger partial charge in [-0.05, 0) is 19.4 Å². The summed E-state index contributed by atoms with van der Waals surface area (Å²) < 4.78 is 4.95. The van der Waals surface area contributed by atoms with Crippen molar-refractivity contribution in [1.82, 2.24) is 10.0 Å². The Morgan fingerprint density at radius 3 is 2.62 bits per heavy atom. The Morgan fingerprint density at radius 1 is 1.33 bits per heavy atom. The van der Waals surface area contributed by atoms with Crippen LogP contribution < -0.4 is 0 Å². The minimum Gasteiger partial charge on any atom is -0.467 e. The van der Waals surface area contributed by atoms with E-state index in [1.54, 1.807) is 11.9 Å². The summed E-state index contributed by atoms with van der Waals surface area (Å²) in [7, 11) is 1.37. The van der Waals surface area contributed by atoms with Crippen LogP contribution in [0.4, 0.5) is 0 Å². The number of esters is 1. The van der Waals surface area contributed by atoms with Crippen LogP contribution in [0, 0.1) is 0 Å². The second-order valence-electron chi connectivity index (χ2n) is 6.03. The molecule has 112 valence electrons. The van der Waals surface area contributed by atoms with E-state index in [1.807, 2.05) is 37.3 Å². The summed E-state index contributed by atoms with van der Waals surface area (Å²) in [4.78, 5) is 24.6. The van der Waals surface area contributed by atoms with Gasteiger partial charge in [0.05, 0.1) is 13.2 Å². The Bertz CT molecular complexity index is 574. The number of amides is 1. The molecule has 5 nitrogen and oxygen atoms in total. The van der Waals surface area contributed by atoms with Crippen LogP contribution in [0.3, 0.4) is 0 Å². The highest BCUT2D eigenvalue weighted by molar-refractivity contribution is 5.89. The van der Waals surface area contributed by atoms with E-state index in [-0.39, 0.29) is 24.0 Å². The Labute approximate surface area is 124 Å². The molecule has 0 bridgehead atoms. The van der Waals surface area contributed by atoms with Gasteiger partial charge < -0.3 is 4.74 Å². The summed E-state index contributed by atoms with van der Waals surface area (Å²) in [5, 5.41) is 3.68. The van der Waals surface area contributed by atoms with Gasteiger partial charge in [0.25, 0.3) is 0 Å². The van der Waals surface area contributed by atoms with E-state index in [4.69, 9.17) is 4.74 Å². The maximum atomic E-state index is 12.4. The molecule has 5 heteroatoms. The summed E-state index contributed by atoms with van der Waals surface area (Å²) in [5.74, 6) is -0.359. The summed E-state index contributed by atoms with van der Waals surface area (Å²) in [6.07, 6.45) is 0.996. The van der Waals surface area contributed by atoms with Gasteiger partial charge in [0.15, 0.2) is 5.54 Å². The average molecular weight is 288 g/mol. The fourth-order valence-corrected chi connectivity index (χ4v) is 3.63. The number of nitrogens with zero attached hydrogens (tertiary/aromatic N) is 2. The van der Waals surface area contributed by atoms with E-state index < -0.39 is 5.54 Å². The lowest BCUT2D eigenvalue weighted by atomic mass is 9.90. The topological polar surface area (TPSA) is 49.9 Å². The zero-order chi connectivity index (χ0) is 15.2. The minimum absolute atomic E-state index is 0.00571. The first kappa shape index (κ1) is 14.1. The van der Waals surface area contributed by atoms with Gasteiger partial charge in [-0.1, -0.05) is 30.3 Å². The number of carbonyl (C=O) groups excluding carboxylic acids is 2. The molecule has 0 aliphatic carbocycles. The maximum Gasteiger partial charge on any atom is 0.333 e. The smallest absolute Gasteiger partial charge is 0.333 e. The SMILES string of the molecule is COC(=O)[C@]1(C)C[C@H](c2ccccc2)N2[C@@H](C)CC(=O)N21. The Kier molecular flexibility index (Phi) is 3.24. The molecule has 3 rings (SSSR count). The second-order valence-corrected chi connectivity index (χ2v) is 6.03. The largest absolute Gasteiger partial charge is 0.467 e.